The van der Waals surface area contributed by atoms with Crippen molar-refractivity contribution in [3.63, 3.8) is 0 Å². The number of ether oxygens (including phenoxy) is 1. The summed E-state index contributed by atoms with van der Waals surface area (Å²) in [5.74, 6) is 0.782. The van der Waals surface area contributed by atoms with Crippen molar-refractivity contribution in [2.24, 2.45) is 0 Å². The van der Waals surface area contributed by atoms with E-state index in [1.165, 1.54) is 5.56 Å². The minimum absolute atomic E-state index is 0.0155. The number of alkyl halides is 3. The fraction of sp³-hybridized carbons (Fsp3) is 0.308. The number of likely N-dealkylation sites (N-methyl/N-ethyl adjacent to an activating group) is 1. The first kappa shape index (κ1) is 23.8. The maximum absolute atomic E-state index is 12.9. The molecular formula is C26H29F3N2O. The Hall–Kier alpha value is -2.83. The monoisotopic (exact) mass is 442 g/mol. The van der Waals surface area contributed by atoms with Crippen LogP contribution in [0.15, 0.2) is 78.9 Å². The first-order valence-corrected chi connectivity index (χ1v) is 10.7. The topological polar surface area (TPSA) is 33.3 Å². The van der Waals surface area contributed by atoms with Gasteiger partial charge in [0.2, 0.25) is 0 Å². The molecule has 0 saturated carbocycles. The molecular weight excluding hydrogens is 413 g/mol. The minimum atomic E-state index is -4.32. The van der Waals surface area contributed by atoms with E-state index in [4.69, 9.17) is 4.74 Å². The van der Waals surface area contributed by atoms with Gasteiger partial charge in [-0.15, -0.1) is 0 Å². The van der Waals surface area contributed by atoms with E-state index in [1.54, 1.807) is 19.2 Å². The number of rotatable bonds is 10. The van der Waals surface area contributed by atoms with Gasteiger partial charge >= 0.3 is 6.18 Å². The van der Waals surface area contributed by atoms with Gasteiger partial charge in [-0.3, -0.25) is 0 Å². The maximum Gasteiger partial charge on any atom is 0.416 e. The summed E-state index contributed by atoms with van der Waals surface area (Å²) in [6.45, 7) is 0.747. The molecule has 3 aromatic carbocycles. The third kappa shape index (κ3) is 6.58. The lowest BCUT2D eigenvalue weighted by atomic mass is 9.96. The molecule has 0 aliphatic carbocycles. The summed E-state index contributed by atoms with van der Waals surface area (Å²) in [5, 5.41) is 6.99. The van der Waals surface area contributed by atoms with Gasteiger partial charge in [0.05, 0.1) is 12.7 Å². The van der Waals surface area contributed by atoms with Gasteiger partial charge in [-0.25, -0.2) is 0 Å². The molecule has 0 aliphatic heterocycles. The third-order valence-electron chi connectivity index (χ3n) is 5.53. The summed E-state index contributed by atoms with van der Waals surface area (Å²) < 4.78 is 43.9. The number of benzene rings is 3. The van der Waals surface area contributed by atoms with Crippen LogP contribution in [0.5, 0.6) is 5.75 Å². The molecule has 0 heterocycles. The molecule has 3 aromatic rings. The molecule has 0 radical (unpaired) electrons. The predicted octanol–water partition coefficient (Wildman–Crippen LogP) is 5.94. The zero-order valence-electron chi connectivity index (χ0n) is 18.3. The lowest BCUT2D eigenvalue weighted by molar-refractivity contribution is -0.137. The number of halogens is 3. The molecule has 2 atom stereocenters. The Balaban J connectivity index is 1.80. The average Bonchev–Trinajstić information content (AvgIpc) is 2.81. The zero-order chi connectivity index (χ0) is 23.0. The highest BCUT2D eigenvalue weighted by atomic mass is 19.4. The van der Waals surface area contributed by atoms with Crippen molar-refractivity contribution in [3.8, 4) is 5.75 Å². The van der Waals surface area contributed by atoms with Gasteiger partial charge in [0.15, 0.2) is 0 Å². The lowest BCUT2D eigenvalue weighted by Crippen LogP contribution is -2.33. The first-order valence-electron chi connectivity index (χ1n) is 10.7. The van der Waals surface area contributed by atoms with Crippen LogP contribution in [0.1, 0.15) is 40.8 Å². The molecule has 0 aliphatic rings. The number of nitrogens with one attached hydrogen (secondary N) is 2. The van der Waals surface area contributed by atoms with E-state index < -0.39 is 11.7 Å². The van der Waals surface area contributed by atoms with Crippen LogP contribution in [-0.4, -0.2) is 20.7 Å². The second-order valence-electron chi connectivity index (χ2n) is 7.75. The van der Waals surface area contributed by atoms with Crippen molar-refractivity contribution in [1.29, 1.82) is 0 Å². The molecule has 0 aromatic heterocycles. The van der Waals surface area contributed by atoms with E-state index in [1.807, 2.05) is 49.5 Å². The number of methoxy groups -OCH3 is 1. The van der Waals surface area contributed by atoms with Crippen LogP contribution in [0.25, 0.3) is 0 Å². The molecule has 0 bridgehead atoms. The van der Waals surface area contributed by atoms with E-state index in [0.717, 1.165) is 42.0 Å². The molecule has 6 heteroatoms. The smallest absolute Gasteiger partial charge is 0.416 e. The number of hydrogen-bond donors (Lipinski definition) is 2. The Morgan fingerprint density at radius 2 is 1.44 bits per heavy atom. The number of aryl methyl sites for hydroxylation is 1. The Morgan fingerprint density at radius 1 is 0.812 bits per heavy atom. The zero-order valence-corrected chi connectivity index (χ0v) is 18.3. The van der Waals surface area contributed by atoms with Gasteiger partial charge < -0.3 is 15.4 Å². The molecule has 0 saturated heterocycles. The van der Waals surface area contributed by atoms with Crippen LogP contribution in [0.4, 0.5) is 13.2 Å². The van der Waals surface area contributed by atoms with Crippen LogP contribution in [0.2, 0.25) is 0 Å². The van der Waals surface area contributed by atoms with Crippen LogP contribution < -0.4 is 15.4 Å². The summed E-state index contributed by atoms with van der Waals surface area (Å²) in [6, 6.07) is 23.7. The molecule has 32 heavy (non-hydrogen) atoms. The Bertz CT molecular complexity index is 942. The van der Waals surface area contributed by atoms with Crippen molar-refractivity contribution >= 4 is 0 Å². The SMILES string of the molecule is CNC[C@H](N[C@@H](CCc1ccc(C(F)(F)F)cc1)c1ccc(OC)cc1)c1ccccc1. The second kappa shape index (κ2) is 11.2. The highest BCUT2D eigenvalue weighted by Crippen LogP contribution is 2.30. The summed E-state index contributed by atoms with van der Waals surface area (Å²) >= 11 is 0. The highest BCUT2D eigenvalue weighted by Gasteiger charge is 2.30. The van der Waals surface area contributed by atoms with E-state index in [2.05, 4.69) is 22.8 Å². The van der Waals surface area contributed by atoms with Crippen LogP contribution in [0.3, 0.4) is 0 Å². The van der Waals surface area contributed by atoms with Gasteiger partial charge in [0, 0.05) is 18.6 Å². The normalized spacial score (nSPS) is 13.5. The van der Waals surface area contributed by atoms with E-state index in [9.17, 15) is 13.2 Å². The van der Waals surface area contributed by atoms with Crippen molar-refractivity contribution in [2.75, 3.05) is 20.7 Å². The fourth-order valence-electron chi connectivity index (χ4n) is 3.76. The van der Waals surface area contributed by atoms with Gasteiger partial charge in [-0.1, -0.05) is 54.6 Å². The van der Waals surface area contributed by atoms with Crippen molar-refractivity contribution in [3.05, 3.63) is 101 Å². The average molecular weight is 443 g/mol. The molecule has 3 rings (SSSR count). The minimum Gasteiger partial charge on any atom is -0.497 e. The summed E-state index contributed by atoms with van der Waals surface area (Å²) in [4.78, 5) is 0. The second-order valence-corrected chi connectivity index (χ2v) is 7.75. The summed E-state index contributed by atoms with van der Waals surface area (Å²) in [7, 11) is 3.55. The molecule has 0 fully saturated rings. The van der Waals surface area contributed by atoms with E-state index in [0.29, 0.717) is 6.42 Å². The van der Waals surface area contributed by atoms with Gasteiger partial charge in [0.1, 0.15) is 5.75 Å². The van der Waals surface area contributed by atoms with E-state index >= 15 is 0 Å². The largest absolute Gasteiger partial charge is 0.497 e. The van der Waals surface area contributed by atoms with Gasteiger partial charge in [0.25, 0.3) is 0 Å². The molecule has 3 nitrogen and oxygen atoms in total. The van der Waals surface area contributed by atoms with E-state index in [-0.39, 0.29) is 12.1 Å². The highest BCUT2D eigenvalue weighted by molar-refractivity contribution is 5.31. The molecule has 0 unspecified atom stereocenters. The van der Waals surface area contributed by atoms with Crippen LogP contribution in [0, 0.1) is 0 Å². The first-order chi connectivity index (χ1) is 15.4. The number of hydrogen-bond acceptors (Lipinski definition) is 3. The fourth-order valence-corrected chi connectivity index (χ4v) is 3.76. The van der Waals surface area contributed by atoms with Gasteiger partial charge in [-0.05, 0) is 60.8 Å². The van der Waals surface area contributed by atoms with Gasteiger partial charge in [-0.2, -0.15) is 13.2 Å². The summed E-state index contributed by atoms with van der Waals surface area (Å²) in [6.07, 6.45) is -2.92. The predicted molar refractivity (Wildman–Crippen MR) is 122 cm³/mol. The Kier molecular flexibility index (Phi) is 8.31. The molecule has 0 spiro atoms. The summed E-state index contributed by atoms with van der Waals surface area (Å²) in [5.41, 5.74) is 2.54. The van der Waals surface area contributed by atoms with Crippen molar-refractivity contribution in [2.45, 2.75) is 31.1 Å². The quantitative estimate of drug-likeness (QED) is 0.408. The molecule has 2 N–H and O–H groups in total. The Morgan fingerprint density at radius 3 is 2.00 bits per heavy atom. The van der Waals surface area contributed by atoms with Crippen LogP contribution >= 0.6 is 0 Å². The standard InChI is InChI=1S/C26H29F3N2O/c1-30-18-25(20-6-4-3-5-7-20)31-24(21-11-15-23(32-2)16-12-21)17-10-19-8-13-22(14-9-19)26(27,28)29/h3-9,11-16,24-25,30-31H,10,17-18H2,1-2H3/t24-,25-/m0/s1. The third-order valence-corrected chi connectivity index (χ3v) is 5.53. The van der Waals surface area contributed by atoms with Crippen molar-refractivity contribution < 1.29 is 17.9 Å². The Labute approximate surface area is 187 Å². The molecule has 0 amide bonds. The van der Waals surface area contributed by atoms with Crippen molar-refractivity contribution in [1.82, 2.24) is 10.6 Å². The molecule has 170 valence electrons. The van der Waals surface area contributed by atoms with Crippen LogP contribution in [-0.2, 0) is 12.6 Å². The maximum atomic E-state index is 12.9. The lowest BCUT2D eigenvalue weighted by Gasteiger charge is -2.27.